The van der Waals surface area contributed by atoms with Crippen molar-refractivity contribution >= 4 is 11.6 Å². The average molecular weight is 355 g/mol. The molecule has 0 spiro atoms. The fourth-order valence-electron chi connectivity index (χ4n) is 2.53. The highest BCUT2D eigenvalue weighted by molar-refractivity contribution is 5.79. The zero-order valence-electron chi connectivity index (χ0n) is 15.4. The predicted octanol–water partition coefficient (Wildman–Crippen LogP) is 2.14. The van der Waals surface area contributed by atoms with Gasteiger partial charge in [-0.1, -0.05) is 25.1 Å². The molecule has 3 aromatic heterocycles. The van der Waals surface area contributed by atoms with Gasteiger partial charge >= 0.3 is 0 Å². The molecule has 26 heavy (non-hydrogen) atoms. The summed E-state index contributed by atoms with van der Waals surface area (Å²) in [6.45, 7) is 8.15. The number of nitrogens with zero attached hydrogens (tertiary/aromatic N) is 5. The van der Waals surface area contributed by atoms with Crippen molar-refractivity contribution in [1.82, 2.24) is 30.4 Å². The summed E-state index contributed by atoms with van der Waals surface area (Å²) in [6.07, 6.45) is 2.72. The van der Waals surface area contributed by atoms with Crippen LogP contribution >= 0.6 is 0 Å². The molecular weight excluding hydrogens is 330 g/mol. The summed E-state index contributed by atoms with van der Waals surface area (Å²) in [5, 5.41) is 19.0. The topological polar surface area (TPSA) is 92.6 Å². The molecule has 0 unspecified atom stereocenters. The molecule has 138 valence electrons. The molecule has 0 aliphatic rings. The predicted molar refractivity (Wildman–Crippen MR) is 100 cm³/mol. The van der Waals surface area contributed by atoms with Crippen LogP contribution < -0.4 is 10.6 Å². The average Bonchev–Trinajstić information content (AvgIpc) is 3.27. The Labute approximate surface area is 152 Å². The number of hydrogen-bond donors (Lipinski definition) is 2. The number of pyridine rings is 1. The molecule has 0 aliphatic carbocycles. The smallest absolute Gasteiger partial charge is 0.191 e. The van der Waals surface area contributed by atoms with E-state index in [1.54, 1.807) is 0 Å². The zero-order chi connectivity index (χ0) is 18.4. The lowest BCUT2D eigenvalue weighted by molar-refractivity contribution is 0.376. The van der Waals surface area contributed by atoms with E-state index in [-0.39, 0.29) is 0 Å². The highest BCUT2D eigenvalue weighted by Gasteiger charge is 2.08. The number of hydrogen-bond acceptors (Lipinski definition) is 5. The molecule has 0 fully saturated rings. The molecule has 0 saturated carbocycles. The lowest BCUT2D eigenvalue weighted by Crippen LogP contribution is -2.38. The number of nitrogens with one attached hydrogen (secondary N) is 2. The Morgan fingerprint density at radius 2 is 2.15 bits per heavy atom. The van der Waals surface area contributed by atoms with Crippen LogP contribution in [-0.4, -0.2) is 38.8 Å². The third kappa shape index (κ3) is 4.38. The standard InChI is InChI=1S/C18H25N7O/c1-4-19-18(21-12-14-11-15(13(2)3)24-26-14)20-9-8-17-23-22-16-7-5-6-10-25(16)17/h5-7,10-11,13H,4,8-9,12H2,1-3H3,(H2,19,20,21). The van der Waals surface area contributed by atoms with Crippen molar-refractivity contribution in [3.8, 4) is 0 Å². The molecule has 0 aromatic carbocycles. The van der Waals surface area contributed by atoms with Crippen LogP contribution in [0.2, 0.25) is 0 Å². The normalized spacial score (nSPS) is 12.1. The van der Waals surface area contributed by atoms with Gasteiger partial charge in [0.2, 0.25) is 0 Å². The van der Waals surface area contributed by atoms with Gasteiger partial charge in [0.05, 0.1) is 5.69 Å². The third-order valence-electron chi connectivity index (χ3n) is 3.93. The Balaban J connectivity index is 1.57. The van der Waals surface area contributed by atoms with Crippen molar-refractivity contribution in [2.75, 3.05) is 13.1 Å². The van der Waals surface area contributed by atoms with E-state index in [0.29, 0.717) is 19.0 Å². The highest BCUT2D eigenvalue weighted by Crippen LogP contribution is 2.14. The van der Waals surface area contributed by atoms with E-state index in [1.165, 1.54) is 0 Å². The monoisotopic (exact) mass is 355 g/mol. The van der Waals surface area contributed by atoms with Crippen molar-refractivity contribution in [2.45, 2.75) is 39.7 Å². The quantitative estimate of drug-likeness (QED) is 0.498. The molecule has 3 aromatic rings. The maximum absolute atomic E-state index is 5.33. The molecule has 8 heteroatoms. The van der Waals surface area contributed by atoms with Gasteiger partial charge in [-0.3, -0.25) is 4.40 Å². The van der Waals surface area contributed by atoms with Crippen molar-refractivity contribution in [3.05, 3.63) is 47.7 Å². The molecule has 0 saturated heterocycles. The Morgan fingerprint density at radius 3 is 2.92 bits per heavy atom. The number of aliphatic imine (C=N–C) groups is 1. The van der Waals surface area contributed by atoms with Gasteiger partial charge < -0.3 is 15.2 Å². The minimum Gasteiger partial charge on any atom is -0.359 e. The van der Waals surface area contributed by atoms with Gasteiger partial charge in [0, 0.05) is 31.8 Å². The molecule has 0 bridgehead atoms. The van der Waals surface area contributed by atoms with Crippen LogP contribution in [0.25, 0.3) is 5.65 Å². The first kappa shape index (κ1) is 17.9. The second-order valence-electron chi connectivity index (χ2n) is 6.29. The van der Waals surface area contributed by atoms with E-state index in [2.05, 4.69) is 44.8 Å². The van der Waals surface area contributed by atoms with Crippen LogP contribution in [0.1, 0.15) is 44.0 Å². The largest absolute Gasteiger partial charge is 0.359 e. The highest BCUT2D eigenvalue weighted by atomic mass is 16.5. The Morgan fingerprint density at radius 1 is 1.27 bits per heavy atom. The van der Waals surface area contributed by atoms with E-state index in [0.717, 1.165) is 41.9 Å². The van der Waals surface area contributed by atoms with Crippen LogP contribution in [-0.2, 0) is 13.0 Å². The number of fused-ring (bicyclic) bond motifs is 1. The number of guanidine groups is 1. The van der Waals surface area contributed by atoms with E-state index in [4.69, 9.17) is 4.52 Å². The van der Waals surface area contributed by atoms with Crippen LogP contribution in [0, 0.1) is 0 Å². The molecule has 0 aliphatic heterocycles. The maximum atomic E-state index is 5.33. The number of aromatic nitrogens is 4. The summed E-state index contributed by atoms with van der Waals surface area (Å²) in [5.41, 5.74) is 1.81. The van der Waals surface area contributed by atoms with Gasteiger partial charge in [-0.25, -0.2) is 4.99 Å². The minimum absolute atomic E-state index is 0.348. The second kappa shape index (κ2) is 8.46. The molecule has 0 radical (unpaired) electrons. The van der Waals surface area contributed by atoms with Crippen LogP contribution in [0.15, 0.2) is 40.0 Å². The first-order valence-electron chi connectivity index (χ1n) is 8.93. The summed E-state index contributed by atoms with van der Waals surface area (Å²) >= 11 is 0. The molecule has 3 rings (SSSR count). The second-order valence-corrected chi connectivity index (χ2v) is 6.29. The fraction of sp³-hybridized carbons (Fsp3) is 0.444. The fourth-order valence-corrected chi connectivity index (χ4v) is 2.53. The SMILES string of the molecule is CCNC(=NCc1cc(C(C)C)no1)NCCc1nnc2ccccn12. The van der Waals surface area contributed by atoms with Crippen molar-refractivity contribution in [2.24, 2.45) is 4.99 Å². The van der Waals surface area contributed by atoms with Crippen molar-refractivity contribution < 1.29 is 4.52 Å². The van der Waals surface area contributed by atoms with Gasteiger partial charge in [-0.05, 0) is 25.0 Å². The summed E-state index contributed by atoms with van der Waals surface area (Å²) in [7, 11) is 0. The van der Waals surface area contributed by atoms with Crippen LogP contribution in [0.4, 0.5) is 0 Å². The zero-order valence-corrected chi connectivity index (χ0v) is 15.4. The number of rotatable bonds is 7. The Kier molecular flexibility index (Phi) is 5.83. The van der Waals surface area contributed by atoms with Gasteiger partial charge in [-0.2, -0.15) is 0 Å². The maximum Gasteiger partial charge on any atom is 0.191 e. The first-order valence-corrected chi connectivity index (χ1v) is 8.93. The molecule has 3 heterocycles. The third-order valence-corrected chi connectivity index (χ3v) is 3.93. The first-order chi connectivity index (χ1) is 12.7. The van der Waals surface area contributed by atoms with E-state index in [1.807, 2.05) is 41.8 Å². The lowest BCUT2D eigenvalue weighted by Gasteiger charge is -2.10. The van der Waals surface area contributed by atoms with Gasteiger partial charge in [0.25, 0.3) is 0 Å². The van der Waals surface area contributed by atoms with Crippen LogP contribution in [0.3, 0.4) is 0 Å². The van der Waals surface area contributed by atoms with E-state index < -0.39 is 0 Å². The summed E-state index contributed by atoms with van der Waals surface area (Å²) in [5.74, 6) is 2.76. The summed E-state index contributed by atoms with van der Waals surface area (Å²) < 4.78 is 7.33. The van der Waals surface area contributed by atoms with Crippen LogP contribution in [0.5, 0.6) is 0 Å². The Bertz CT molecular complexity index is 865. The van der Waals surface area contributed by atoms with E-state index in [9.17, 15) is 0 Å². The van der Waals surface area contributed by atoms with Gasteiger partial charge in [-0.15, -0.1) is 10.2 Å². The molecule has 2 N–H and O–H groups in total. The minimum atomic E-state index is 0.348. The van der Waals surface area contributed by atoms with Gasteiger partial charge in [0.1, 0.15) is 12.4 Å². The Hall–Kier alpha value is -2.90. The lowest BCUT2D eigenvalue weighted by atomic mass is 10.1. The summed E-state index contributed by atoms with van der Waals surface area (Å²) in [6, 6.07) is 7.83. The van der Waals surface area contributed by atoms with Crippen molar-refractivity contribution in [3.63, 3.8) is 0 Å². The molecule has 0 amide bonds. The molecule has 8 nitrogen and oxygen atoms in total. The van der Waals surface area contributed by atoms with Gasteiger partial charge in [0.15, 0.2) is 17.4 Å². The molecular formula is C18H25N7O. The van der Waals surface area contributed by atoms with Crippen molar-refractivity contribution in [1.29, 1.82) is 0 Å². The summed E-state index contributed by atoms with van der Waals surface area (Å²) in [4.78, 5) is 4.56. The molecule has 0 atom stereocenters. The van der Waals surface area contributed by atoms with E-state index >= 15 is 0 Å².